The van der Waals surface area contributed by atoms with Crippen molar-refractivity contribution in [3.05, 3.63) is 58.0 Å². The fourth-order valence-corrected chi connectivity index (χ4v) is 2.55. The molecule has 0 saturated heterocycles. The molecule has 0 spiro atoms. The molecule has 0 radical (unpaired) electrons. The summed E-state index contributed by atoms with van der Waals surface area (Å²) in [5.41, 5.74) is 1.14. The molecule has 2 aromatic rings. The van der Waals surface area contributed by atoms with E-state index in [9.17, 15) is 9.59 Å². The van der Waals surface area contributed by atoms with Crippen molar-refractivity contribution in [2.75, 3.05) is 6.54 Å². The lowest BCUT2D eigenvalue weighted by molar-refractivity contribution is 0.0931. The Morgan fingerprint density at radius 1 is 1.32 bits per heavy atom. The maximum atomic E-state index is 12.2. The number of nitrogens with zero attached hydrogens (tertiary/aromatic N) is 2. The maximum Gasteiger partial charge on any atom is 0.275 e. The first-order valence-electron chi connectivity index (χ1n) is 7.60. The lowest BCUT2D eigenvalue weighted by atomic mass is 9.85. The number of para-hydroxylation sites is 1. The third kappa shape index (κ3) is 2.93. The molecule has 0 bridgehead atoms. The summed E-state index contributed by atoms with van der Waals surface area (Å²) < 4.78 is 1.62. The van der Waals surface area contributed by atoms with E-state index in [1.165, 1.54) is 12.5 Å². The van der Waals surface area contributed by atoms with E-state index in [4.69, 9.17) is 0 Å². The van der Waals surface area contributed by atoms with Crippen LogP contribution in [0, 0.1) is 12.8 Å². The average molecular weight is 297 g/mol. The minimum absolute atomic E-state index is 0.0474. The number of carbonyl (C=O) groups excluding carboxylic acids is 1. The first kappa shape index (κ1) is 14.5. The van der Waals surface area contributed by atoms with Crippen LogP contribution in [0.25, 0.3) is 5.69 Å². The third-order valence-corrected chi connectivity index (χ3v) is 4.10. The molecule has 3 rings (SSSR count). The highest BCUT2D eigenvalue weighted by molar-refractivity contribution is 5.92. The molecule has 1 N–H and O–H groups in total. The van der Waals surface area contributed by atoms with Gasteiger partial charge in [0, 0.05) is 18.3 Å². The van der Waals surface area contributed by atoms with Crippen LogP contribution < -0.4 is 10.7 Å². The van der Waals surface area contributed by atoms with Crippen molar-refractivity contribution < 1.29 is 4.79 Å². The van der Waals surface area contributed by atoms with Gasteiger partial charge in [-0.05, 0) is 37.8 Å². The molecule has 1 aromatic heterocycles. The minimum Gasteiger partial charge on any atom is -0.350 e. The zero-order chi connectivity index (χ0) is 15.5. The van der Waals surface area contributed by atoms with E-state index in [-0.39, 0.29) is 17.0 Å². The van der Waals surface area contributed by atoms with Crippen LogP contribution in [0.2, 0.25) is 0 Å². The van der Waals surface area contributed by atoms with Crippen LogP contribution in [0.5, 0.6) is 0 Å². The molecule has 0 atom stereocenters. The highest BCUT2D eigenvalue weighted by Crippen LogP contribution is 2.25. The first-order chi connectivity index (χ1) is 10.6. The van der Waals surface area contributed by atoms with Gasteiger partial charge in [0.05, 0.1) is 5.69 Å². The predicted molar refractivity (Wildman–Crippen MR) is 84.2 cm³/mol. The predicted octanol–water partition coefficient (Wildman–Crippen LogP) is 2.07. The van der Waals surface area contributed by atoms with Crippen LogP contribution in [-0.2, 0) is 0 Å². The Labute approximate surface area is 129 Å². The number of amides is 1. The van der Waals surface area contributed by atoms with E-state index < -0.39 is 0 Å². The van der Waals surface area contributed by atoms with Crippen molar-refractivity contribution in [2.45, 2.75) is 26.2 Å². The smallest absolute Gasteiger partial charge is 0.275 e. The fraction of sp³-hybridized carbons (Fsp3) is 0.353. The maximum absolute atomic E-state index is 12.2. The molecule has 1 saturated carbocycles. The number of rotatable bonds is 4. The summed E-state index contributed by atoms with van der Waals surface area (Å²) in [6.07, 6.45) is 3.52. The summed E-state index contributed by atoms with van der Waals surface area (Å²) in [5.74, 6) is 0.160. The number of carbonyl (C=O) groups is 1. The quantitative estimate of drug-likeness (QED) is 0.939. The number of nitrogens with one attached hydrogen (secondary N) is 1. The Balaban J connectivity index is 1.87. The van der Waals surface area contributed by atoms with Crippen LogP contribution in [0.3, 0.4) is 0 Å². The summed E-state index contributed by atoms with van der Waals surface area (Å²) >= 11 is 0. The third-order valence-electron chi connectivity index (χ3n) is 4.10. The second-order valence-electron chi connectivity index (χ2n) is 5.75. The topological polar surface area (TPSA) is 64.0 Å². The molecule has 1 amide bonds. The normalized spacial score (nSPS) is 14.4. The van der Waals surface area contributed by atoms with Crippen LogP contribution in [0.1, 0.15) is 35.4 Å². The van der Waals surface area contributed by atoms with Gasteiger partial charge in [0.1, 0.15) is 0 Å². The Bertz CT molecular complexity index is 733. The van der Waals surface area contributed by atoms with Gasteiger partial charge >= 0.3 is 0 Å². The van der Waals surface area contributed by atoms with E-state index in [0.717, 1.165) is 18.5 Å². The van der Waals surface area contributed by atoms with E-state index in [1.807, 2.05) is 30.3 Å². The van der Waals surface area contributed by atoms with Crippen molar-refractivity contribution in [1.29, 1.82) is 0 Å². The van der Waals surface area contributed by atoms with Gasteiger partial charge in [-0.1, -0.05) is 24.6 Å². The molecule has 0 unspecified atom stereocenters. The van der Waals surface area contributed by atoms with Gasteiger partial charge in [-0.15, -0.1) is 0 Å². The highest BCUT2D eigenvalue weighted by atomic mass is 16.2. The summed E-state index contributed by atoms with van der Waals surface area (Å²) in [6, 6.07) is 10.9. The molecule has 5 nitrogen and oxygen atoms in total. The molecular weight excluding hydrogens is 278 g/mol. The SMILES string of the molecule is Cc1cc(=O)c(C(=O)NCC2CCC2)nn1-c1ccccc1. The zero-order valence-electron chi connectivity index (χ0n) is 12.6. The van der Waals surface area contributed by atoms with E-state index >= 15 is 0 Å². The number of benzene rings is 1. The second-order valence-corrected chi connectivity index (χ2v) is 5.75. The van der Waals surface area contributed by atoms with Crippen molar-refractivity contribution in [3.8, 4) is 5.69 Å². The largest absolute Gasteiger partial charge is 0.350 e. The Morgan fingerprint density at radius 3 is 2.68 bits per heavy atom. The average Bonchev–Trinajstić information content (AvgIpc) is 2.46. The van der Waals surface area contributed by atoms with E-state index in [0.29, 0.717) is 18.2 Å². The molecule has 22 heavy (non-hydrogen) atoms. The number of hydrogen-bond acceptors (Lipinski definition) is 3. The van der Waals surface area contributed by atoms with Gasteiger partial charge in [0.25, 0.3) is 5.91 Å². The number of aromatic nitrogens is 2. The van der Waals surface area contributed by atoms with Gasteiger partial charge in [0.2, 0.25) is 5.43 Å². The van der Waals surface area contributed by atoms with Gasteiger partial charge in [-0.3, -0.25) is 9.59 Å². The fourth-order valence-electron chi connectivity index (χ4n) is 2.55. The number of aryl methyl sites for hydroxylation is 1. The van der Waals surface area contributed by atoms with E-state index in [2.05, 4.69) is 10.4 Å². The highest BCUT2D eigenvalue weighted by Gasteiger charge is 2.20. The summed E-state index contributed by atoms with van der Waals surface area (Å²) in [7, 11) is 0. The van der Waals surface area contributed by atoms with Crippen LogP contribution in [0.15, 0.2) is 41.2 Å². The van der Waals surface area contributed by atoms with Gasteiger partial charge in [-0.25, -0.2) is 4.68 Å². The molecule has 114 valence electrons. The molecular formula is C17H19N3O2. The summed E-state index contributed by atoms with van der Waals surface area (Å²) in [5, 5.41) is 7.08. The Kier molecular flexibility index (Phi) is 4.04. The number of hydrogen-bond donors (Lipinski definition) is 1. The molecule has 1 fully saturated rings. The van der Waals surface area contributed by atoms with Gasteiger partial charge in [0.15, 0.2) is 5.69 Å². The van der Waals surface area contributed by atoms with Crippen molar-refractivity contribution in [1.82, 2.24) is 15.1 Å². The first-order valence-corrected chi connectivity index (χ1v) is 7.60. The van der Waals surface area contributed by atoms with Crippen LogP contribution >= 0.6 is 0 Å². The van der Waals surface area contributed by atoms with E-state index in [1.54, 1.807) is 11.6 Å². The molecule has 1 aliphatic carbocycles. The van der Waals surface area contributed by atoms with Crippen molar-refractivity contribution >= 4 is 5.91 Å². The lowest BCUT2D eigenvalue weighted by Gasteiger charge is -2.25. The lowest BCUT2D eigenvalue weighted by Crippen LogP contribution is -2.36. The Morgan fingerprint density at radius 2 is 2.05 bits per heavy atom. The van der Waals surface area contributed by atoms with Gasteiger partial charge in [-0.2, -0.15) is 5.10 Å². The molecule has 1 aromatic carbocycles. The standard InChI is InChI=1S/C17H19N3O2/c1-12-10-15(21)16(17(22)18-11-13-6-5-7-13)19-20(12)14-8-3-2-4-9-14/h2-4,8-10,13H,5-7,11H2,1H3,(H,18,22). The summed E-state index contributed by atoms with van der Waals surface area (Å²) in [6.45, 7) is 2.43. The van der Waals surface area contributed by atoms with Crippen LogP contribution in [-0.4, -0.2) is 22.2 Å². The van der Waals surface area contributed by atoms with Crippen molar-refractivity contribution in [3.63, 3.8) is 0 Å². The van der Waals surface area contributed by atoms with Crippen LogP contribution in [0.4, 0.5) is 0 Å². The second kappa shape index (κ2) is 6.13. The molecule has 1 heterocycles. The Hall–Kier alpha value is -2.43. The zero-order valence-corrected chi connectivity index (χ0v) is 12.6. The molecule has 5 heteroatoms. The monoisotopic (exact) mass is 297 g/mol. The summed E-state index contributed by atoms with van der Waals surface area (Å²) in [4.78, 5) is 24.3. The van der Waals surface area contributed by atoms with Gasteiger partial charge < -0.3 is 5.32 Å². The minimum atomic E-state index is -0.387. The molecule has 0 aliphatic heterocycles. The molecule has 1 aliphatic rings. The van der Waals surface area contributed by atoms with Crippen molar-refractivity contribution in [2.24, 2.45) is 5.92 Å².